The molecule has 0 fully saturated rings. The van der Waals surface area contributed by atoms with Crippen molar-refractivity contribution >= 4 is 11.6 Å². The minimum Gasteiger partial charge on any atom is -0.472 e. The number of ether oxygens (including phenoxy) is 1. The Hall–Kier alpha value is -4.08. The Morgan fingerprint density at radius 3 is 2.63 bits per heavy atom. The highest BCUT2D eigenvalue weighted by Gasteiger charge is 2.09. The number of amides is 1. The zero-order valence-electron chi connectivity index (χ0n) is 15.5. The number of hydrogen-bond acceptors (Lipinski definition) is 7. The van der Waals surface area contributed by atoms with E-state index in [4.69, 9.17) is 16.0 Å². The Labute approximate surface area is 169 Å². The number of nitrogens with two attached hydrogens (primary N) is 1. The van der Waals surface area contributed by atoms with Gasteiger partial charge in [-0.2, -0.15) is 5.11 Å². The first-order valence-corrected chi connectivity index (χ1v) is 8.67. The van der Waals surface area contributed by atoms with Gasteiger partial charge in [0.25, 0.3) is 6.43 Å². The molecular formula is C20H16F2N6O2. The van der Waals surface area contributed by atoms with E-state index in [2.05, 4.69) is 20.3 Å². The molecule has 1 aromatic carbocycles. The summed E-state index contributed by atoms with van der Waals surface area (Å²) in [5.74, 6) is -0.308. The fourth-order valence-electron chi connectivity index (χ4n) is 2.48. The lowest BCUT2D eigenvalue weighted by molar-refractivity contribution is 0.1000. The van der Waals surface area contributed by atoms with Crippen molar-refractivity contribution in [3.05, 3.63) is 77.6 Å². The molecule has 30 heavy (non-hydrogen) atoms. The fraction of sp³-hybridized carbons (Fsp3) is 0.100. The van der Waals surface area contributed by atoms with E-state index in [0.29, 0.717) is 16.8 Å². The number of nitrogens with zero attached hydrogens (tertiary/aromatic N) is 4. The van der Waals surface area contributed by atoms with Crippen molar-refractivity contribution in [1.29, 1.82) is 5.53 Å². The number of rotatable bonds is 8. The summed E-state index contributed by atoms with van der Waals surface area (Å²) in [4.78, 5) is 15.2. The van der Waals surface area contributed by atoms with E-state index in [-0.39, 0.29) is 29.4 Å². The summed E-state index contributed by atoms with van der Waals surface area (Å²) in [6.45, 7) is 0.0151. The smallest absolute Gasteiger partial charge is 0.265 e. The number of alkyl halides is 2. The van der Waals surface area contributed by atoms with Crippen LogP contribution in [0.1, 0.15) is 28.0 Å². The van der Waals surface area contributed by atoms with Crippen molar-refractivity contribution in [2.75, 3.05) is 6.61 Å². The van der Waals surface area contributed by atoms with Crippen molar-refractivity contribution in [1.82, 2.24) is 15.2 Å². The molecule has 0 bridgehead atoms. The number of halogens is 2. The molecule has 3 aromatic rings. The number of pyridine rings is 1. The van der Waals surface area contributed by atoms with Crippen molar-refractivity contribution in [3.63, 3.8) is 0 Å². The number of hydrogen-bond donors (Lipinski definition) is 2. The Morgan fingerprint density at radius 2 is 2.03 bits per heavy atom. The van der Waals surface area contributed by atoms with Gasteiger partial charge in [-0.15, -0.1) is 10.2 Å². The van der Waals surface area contributed by atoms with Gasteiger partial charge >= 0.3 is 0 Å². The molecule has 0 saturated heterocycles. The van der Waals surface area contributed by atoms with Crippen LogP contribution in [0.15, 0.2) is 65.9 Å². The van der Waals surface area contributed by atoms with Crippen LogP contribution in [0.5, 0.6) is 5.88 Å². The molecule has 0 unspecified atom stereocenters. The molecule has 8 nitrogen and oxygen atoms in total. The average Bonchev–Trinajstić information content (AvgIpc) is 2.77. The Kier molecular flexibility index (Phi) is 6.48. The lowest BCUT2D eigenvalue weighted by atomic mass is 10.1. The van der Waals surface area contributed by atoms with Crippen molar-refractivity contribution < 1.29 is 18.3 Å². The minimum atomic E-state index is -2.62. The molecular weight excluding hydrogens is 394 g/mol. The maximum atomic E-state index is 12.6. The molecule has 0 saturated carbocycles. The summed E-state index contributed by atoms with van der Waals surface area (Å²) < 4.78 is 30.7. The van der Waals surface area contributed by atoms with Crippen LogP contribution in [0.25, 0.3) is 17.0 Å². The maximum absolute atomic E-state index is 12.6. The molecule has 0 aliphatic rings. The van der Waals surface area contributed by atoms with Crippen LogP contribution in [0.3, 0.4) is 0 Å². The van der Waals surface area contributed by atoms with E-state index >= 15 is 0 Å². The normalized spacial score (nSPS) is 11.4. The van der Waals surface area contributed by atoms with Crippen molar-refractivity contribution in [2.45, 2.75) is 6.43 Å². The van der Waals surface area contributed by atoms with Crippen molar-refractivity contribution in [2.24, 2.45) is 10.8 Å². The summed E-state index contributed by atoms with van der Waals surface area (Å²) in [5.41, 5.74) is 14.3. The van der Waals surface area contributed by atoms with Crippen LogP contribution in [0.4, 0.5) is 8.78 Å². The number of aromatic nitrogens is 3. The zero-order chi connectivity index (χ0) is 21.5. The lowest BCUT2D eigenvalue weighted by Crippen LogP contribution is -2.10. The molecule has 1 amide bonds. The second-order valence-corrected chi connectivity index (χ2v) is 5.99. The van der Waals surface area contributed by atoms with Gasteiger partial charge in [0.05, 0.1) is 11.4 Å². The number of nitrogens with one attached hydrogen (secondary N) is 1. The molecule has 0 atom stereocenters. The molecule has 0 aliphatic carbocycles. The fourth-order valence-corrected chi connectivity index (χ4v) is 2.48. The van der Waals surface area contributed by atoms with Gasteiger partial charge in [-0.05, 0) is 36.4 Å². The summed E-state index contributed by atoms with van der Waals surface area (Å²) in [5, 5.41) is 11.4. The lowest BCUT2D eigenvalue weighted by Gasteiger charge is -2.05. The third-order valence-corrected chi connectivity index (χ3v) is 4.01. The summed E-state index contributed by atoms with van der Waals surface area (Å²) in [6, 6.07) is 12.5. The van der Waals surface area contributed by atoms with E-state index in [1.165, 1.54) is 18.2 Å². The third-order valence-electron chi connectivity index (χ3n) is 4.01. The molecule has 3 rings (SSSR count). The number of carbonyl (C=O) groups excluding carboxylic acids is 1. The molecule has 2 heterocycles. The first-order chi connectivity index (χ1) is 14.5. The highest BCUT2D eigenvalue weighted by atomic mass is 19.3. The van der Waals surface area contributed by atoms with Gasteiger partial charge in [0, 0.05) is 29.0 Å². The van der Waals surface area contributed by atoms with Crippen LogP contribution in [0, 0.1) is 5.53 Å². The molecule has 0 spiro atoms. The molecule has 3 N–H and O–H groups in total. The Balaban J connectivity index is 1.66. The van der Waals surface area contributed by atoms with Gasteiger partial charge < -0.3 is 10.5 Å². The second-order valence-electron chi connectivity index (χ2n) is 5.99. The first-order valence-electron chi connectivity index (χ1n) is 8.67. The predicted molar refractivity (Wildman–Crippen MR) is 104 cm³/mol. The zero-order valence-corrected chi connectivity index (χ0v) is 15.5. The number of primary amides is 1. The van der Waals surface area contributed by atoms with Gasteiger partial charge in [0.15, 0.2) is 0 Å². The monoisotopic (exact) mass is 410 g/mol. The highest BCUT2D eigenvalue weighted by Crippen LogP contribution is 2.21. The van der Waals surface area contributed by atoms with Gasteiger partial charge in [0.2, 0.25) is 11.8 Å². The van der Waals surface area contributed by atoms with Crippen molar-refractivity contribution in [3.8, 4) is 17.1 Å². The largest absolute Gasteiger partial charge is 0.472 e. The topological polar surface area (TPSA) is 127 Å². The standard InChI is InChI=1S/C20H16F2N6O2/c21-19(22)14-4-5-16(25-11-14)17(26-24)8-9-30-18-7-6-15(27-28-18)12-2-1-3-13(10-12)20(23)29/h1-8,10-11,19,24H,9H2,(H2,23,29)/b17-8+,26-24?. The third kappa shape index (κ3) is 5.04. The van der Waals surface area contributed by atoms with Crippen LogP contribution in [-0.4, -0.2) is 27.7 Å². The quantitative estimate of drug-likeness (QED) is 0.542. The molecule has 0 radical (unpaired) electrons. The van der Waals surface area contributed by atoms with Crippen LogP contribution < -0.4 is 10.5 Å². The Morgan fingerprint density at radius 1 is 1.20 bits per heavy atom. The molecule has 0 aliphatic heterocycles. The average molecular weight is 410 g/mol. The van der Waals surface area contributed by atoms with Gasteiger partial charge in [-0.1, -0.05) is 12.1 Å². The molecule has 2 aromatic heterocycles. The minimum absolute atomic E-state index is 0.0151. The molecule has 10 heteroatoms. The number of benzene rings is 1. The summed E-state index contributed by atoms with van der Waals surface area (Å²) in [7, 11) is 0. The van der Waals surface area contributed by atoms with Gasteiger partial charge in [-0.3, -0.25) is 9.78 Å². The van der Waals surface area contributed by atoms with E-state index in [1.807, 2.05) is 0 Å². The van der Waals surface area contributed by atoms with E-state index in [9.17, 15) is 13.6 Å². The summed E-state index contributed by atoms with van der Waals surface area (Å²) in [6.07, 6.45) is -0.101. The highest BCUT2D eigenvalue weighted by molar-refractivity contribution is 5.93. The molecule has 152 valence electrons. The van der Waals surface area contributed by atoms with Crippen LogP contribution in [-0.2, 0) is 0 Å². The van der Waals surface area contributed by atoms with Crippen LogP contribution >= 0.6 is 0 Å². The van der Waals surface area contributed by atoms with E-state index < -0.39 is 12.3 Å². The van der Waals surface area contributed by atoms with E-state index in [1.54, 1.807) is 36.4 Å². The number of carbonyl (C=O) groups is 1. The first kappa shape index (κ1) is 20.6. The predicted octanol–water partition coefficient (Wildman–Crippen LogP) is 4.03. The summed E-state index contributed by atoms with van der Waals surface area (Å²) >= 11 is 0. The van der Waals surface area contributed by atoms with Gasteiger partial charge in [0.1, 0.15) is 12.3 Å². The van der Waals surface area contributed by atoms with Gasteiger partial charge in [-0.25, -0.2) is 14.3 Å². The SMILES string of the molecule is N=N/C(=C/COc1ccc(-c2cccc(C(N)=O)c2)nn1)c1ccc(C(F)F)cn1. The van der Waals surface area contributed by atoms with Crippen LogP contribution in [0.2, 0.25) is 0 Å². The second kappa shape index (κ2) is 9.41. The Bertz CT molecular complexity index is 1070. The maximum Gasteiger partial charge on any atom is 0.265 e. The van der Waals surface area contributed by atoms with E-state index in [0.717, 1.165) is 6.20 Å².